The largest absolute Gasteiger partial charge is 0.372 e. The van der Waals surface area contributed by atoms with E-state index in [9.17, 15) is 17.2 Å². The molecule has 0 bridgehead atoms. The Morgan fingerprint density at radius 3 is 2.71 bits per heavy atom. The van der Waals surface area contributed by atoms with Crippen LogP contribution in [-0.4, -0.2) is 33.4 Å². The number of hydrogen-bond acceptors (Lipinski definition) is 4. The number of rotatable bonds is 5. The zero-order chi connectivity index (χ0) is 13.1. The zero-order valence-electron chi connectivity index (χ0n) is 8.75. The van der Waals surface area contributed by atoms with E-state index < -0.39 is 23.0 Å². The quantitative estimate of drug-likeness (QED) is 0.857. The molecule has 0 unspecified atom stereocenters. The number of pyridine rings is 1. The summed E-state index contributed by atoms with van der Waals surface area (Å²) in [6, 6.07) is 1.28. The first kappa shape index (κ1) is 14.3. The summed E-state index contributed by atoms with van der Waals surface area (Å²) in [7, 11) is -2.52. The zero-order valence-corrected chi connectivity index (χ0v) is 11.1. The molecule has 0 amide bonds. The van der Waals surface area contributed by atoms with Gasteiger partial charge in [0.15, 0.2) is 0 Å². The molecule has 0 atom stereocenters. The summed E-state index contributed by atoms with van der Waals surface area (Å²) in [4.78, 5) is 3.64. The molecule has 1 rings (SSSR count). The van der Waals surface area contributed by atoms with Crippen molar-refractivity contribution in [1.29, 1.82) is 0 Å². The first-order chi connectivity index (χ1) is 7.86. The van der Waals surface area contributed by atoms with E-state index in [2.05, 4.69) is 26.2 Å². The van der Waals surface area contributed by atoms with Gasteiger partial charge in [0.2, 0.25) is 10.0 Å². The van der Waals surface area contributed by atoms with Crippen molar-refractivity contribution in [3.05, 3.63) is 16.7 Å². The van der Waals surface area contributed by atoms with E-state index in [1.165, 1.54) is 19.3 Å². The van der Waals surface area contributed by atoms with Gasteiger partial charge >= 0.3 is 0 Å². The van der Waals surface area contributed by atoms with Gasteiger partial charge in [-0.15, -0.1) is 0 Å². The fourth-order valence-electron chi connectivity index (χ4n) is 1.06. The molecule has 1 aromatic heterocycles. The van der Waals surface area contributed by atoms with Gasteiger partial charge in [0.25, 0.3) is 6.43 Å². The molecule has 17 heavy (non-hydrogen) atoms. The summed E-state index contributed by atoms with van der Waals surface area (Å²) in [5, 5.41) is 2.58. The fraction of sp³-hybridized carbons (Fsp3) is 0.375. The molecule has 0 radical (unpaired) electrons. The molecule has 0 saturated heterocycles. The molecule has 1 aromatic rings. The summed E-state index contributed by atoms with van der Waals surface area (Å²) >= 11 is 3.07. The van der Waals surface area contributed by atoms with Crippen LogP contribution in [-0.2, 0) is 10.0 Å². The Bertz CT molecular complexity index is 496. The van der Waals surface area contributed by atoms with Crippen molar-refractivity contribution in [2.45, 2.75) is 11.3 Å². The molecule has 2 N–H and O–H groups in total. The van der Waals surface area contributed by atoms with Gasteiger partial charge in [-0.1, -0.05) is 0 Å². The second kappa shape index (κ2) is 5.69. The molecule has 0 aliphatic carbocycles. The van der Waals surface area contributed by atoms with E-state index in [1.54, 1.807) is 4.72 Å². The Balaban J connectivity index is 3.09. The average Bonchev–Trinajstić information content (AvgIpc) is 2.26. The second-order valence-electron chi connectivity index (χ2n) is 2.99. The van der Waals surface area contributed by atoms with Crippen LogP contribution in [0, 0.1) is 0 Å². The highest BCUT2D eigenvalue weighted by atomic mass is 79.9. The summed E-state index contributed by atoms with van der Waals surface area (Å²) in [6.07, 6.45) is -1.35. The molecule has 0 aromatic carbocycles. The van der Waals surface area contributed by atoms with Crippen LogP contribution < -0.4 is 10.0 Å². The van der Waals surface area contributed by atoms with Gasteiger partial charge in [0.05, 0.1) is 6.54 Å². The number of sulfonamides is 1. The Morgan fingerprint density at radius 2 is 2.18 bits per heavy atom. The van der Waals surface area contributed by atoms with Gasteiger partial charge in [0, 0.05) is 17.7 Å². The molecule has 0 spiro atoms. The van der Waals surface area contributed by atoms with E-state index >= 15 is 0 Å². The third-order valence-corrected chi connectivity index (χ3v) is 3.64. The van der Waals surface area contributed by atoms with Crippen LogP contribution in [0.1, 0.15) is 0 Å². The van der Waals surface area contributed by atoms with Gasteiger partial charge in [0.1, 0.15) is 10.7 Å². The molecule has 9 heteroatoms. The molecule has 0 fully saturated rings. The minimum Gasteiger partial charge on any atom is -0.372 e. The smallest absolute Gasteiger partial charge is 0.251 e. The molecular weight excluding hydrogens is 320 g/mol. The second-order valence-corrected chi connectivity index (χ2v) is 5.64. The maximum atomic E-state index is 12.0. The van der Waals surface area contributed by atoms with Crippen molar-refractivity contribution in [3.63, 3.8) is 0 Å². The lowest BCUT2D eigenvalue weighted by atomic mass is 10.4. The number of nitrogens with zero attached hydrogens (tertiary/aromatic N) is 1. The topological polar surface area (TPSA) is 71.1 Å². The molecule has 5 nitrogen and oxygen atoms in total. The predicted octanol–water partition coefficient (Wildman–Crippen LogP) is 1.43. The number of aromatic nitrogens is 1. The van der Waals surface area contributed by atoms with Crippen LogP contribution in [0.4, 0.5) is 14.6 Å². The lowest BCUT2D eigenvalue weighted by Crippen LogP contribution is -2.29. The lowest BCUT2D eigenvalue weighted by Gasteiger charge is -2.10. The van der Waals surface area contributed by atoms with Gasteiger partial charge in [-0.3, -0.25) is 0 Å². The standard InChI is InChI=1S/C8H10BrF2N3O2S/c1-12-8-6(2-5(9)3-13-8)17(15,16)14-4-7(10)11/h2-3,7,14H,4H2,1H3,(H,12,13). The van der Waals surface area contributed by atoms with Gasteiger partial charge < -0.3 is 5.32 Å². The molecular formula is C8H10BrF2N3O2S. The molecule has 0 aliphatic heterocycles. The fourth-order valence-corrected chi connectivity index (χ4v) is 2.74. The van der Waals surface area contributed by atoms with E-state index in [0.29, 0.717) is 4.47 Å². The number of hydrogen-bond donors (Lipinski definition) is 2. The van der Waals surface area contributed by atoms with Crippen LogP contribution in [0.5, 0.6) is 0 Å². The van der Waals surface area contributed by atoms with Crippen LogP contribution in [0.25, 0.3) is 0 Å². The number of anilines is 1. The Morgan fingerprint density at radius 1 is 1.53 bits per heavy atom. The lowest BCUT2D eigenvalue weighted by molar-refractivity contribution is 0.153. The summed E-state index contributed by atoms with van der Waals surface area (Å²) in [6.45, 7) is -0.933. The van der Waals surface area contributed by atoms with Crippen LogP contribution in [0.3, 0.4) is 0 Å². The third kappa shape index (κ3) is 3.86. The first-order valence-electron chi connectivity index (χ1n) is 4.48. The Labute approximate surface area is 106 Å². The highest BCUT2D eigenvalue weighted by molar-refractivity contribution is 9.10. The minimum absolute atomic E-state index is 0.0926. The van der Waals surface area contributed by atoms with Crippen molar-refractivity contribution in [2.24, 2.45) is 0 Å². The number of nitrogens with one attached hydrogen (secondary N) is 2. The van der Waals surface area contributed by atoms with Crippen LogP contribution in [0.2, 0.25) is 0 Å². The van der Waals surface area contributed by atoms with Crippen molar-refractivity contribution in [1.82, 2.24) is 9.71 Å². The van der Waals surface area contributed by atoms with Crippen LogP contribution >= 0.6 is 15.9 Å². The molecule has 1 heterocycles. The normalized spacial score (nSPS) is 11.8. The average molecular weight is 330 g/mol. The Kier molecular flexibility index (Phi) is 4.78. The van der Waals surface area contributed by atoms with Crippen molar-refractivity contribution < 1.29 is 17.2 Å². The highest BCUT2D eigenvalue weighted by Gasteiger charge is 2.20. The van der Waals surface area contributed by atoms with Crippen molar-refractivity contribution >= 4 is 31.8 Å². The van der Waals surface area contributed by atoms with E-state index in [0.717, 1.165) is 0 Å². The Hall–Kier alpha value is -0.800. The summed E-state index contributed by atoms with van der Waals surface area (Å²) in [5.41, 5.74) is 0. The summed E-state index contributed by atoms with van der Waals surface area (Å²) < 4.78 is 49.6. The van der Waals surface area contributed by atoms with Gasteiger partial charge in [-0.25, -0.2) is 26.9 Å². The highest BCUT2D eigenvalue weighted by Crippen LogP contribution is 2.22. The van der Waals surface area contributed by atoms with E-state index in [1.807, 2.05) is 0 Å². The summed E-state index contributed by atoms with van der Waals surface area (Å²) in [5.74, 6) is 0.0926. The first-order valence-corrected chi connectivity index (χ1v) is 6.75. The molecule has 0 saturated carbocycles. The minimum atomic E-state index is -4.01. The van der Waals surface area contributed by atoms with E-state index in [4.69, 9.17) is 0 Å². The monoisotopic (exact) mass is 329 g/mol. The molecule has 96 valence electrons. The van der Waals surface area contributed by atoms with Crippen molar-refractivity contribution in [3.8, 4) is 0 Å². The molecule has 0 aliphatic rings. The van der Waals surface area contributed by atoms with Crippen molar-refractivity contribution in [2.75, 3.05) is 18.9 Å². The SMILES string of the molecule is CNc1ncc(Br)cc1S(=O)(=O)NCC(F)F. The van der Waals surface area contributed by atoms with Gasteiger partial charge in [-0.2, -0.15) is 0 Å². The maximum Gasteiger partial charge on any atom is 0.251 e. The third-order valence-electron chi connectivity index (χ3n) is 1.77. The number of halogens is 3. The van der Waals surface area contributed by atoms with Crippen LogP contribution in [0.15, 0.2) is 21.6 Å². The maximum absolute atomic E-state index is 12.0. The number of alkyl halides is 2. The van der Waals surface area contributed by atoms with E-state index in [-0.39, 0.29) is 10.7 Å². The predicted molar refractivity (Wildman–Crippen MR) is 62.7 cm³/mol. The van der Waals surface area contributed by atoms with Gasteiger partial charge in [-0.05, 0) is 22.0 Å².